The summed E-state index contributed by atoms with van der Waals surface area (Å²) < 4.78 is 13.8. The zero-order valence-electron chi connectivity index (χ0n) is 21.3. The molecule has 1 fully saturated rings. The van der Waals surface area contributed by atoms with E-state index < -0.39 is 5.60 Å². The molecule has 1 amide bonds. The van der Waals surface area contributed by atoms with E-state index in [4.69, 9.17) is 9.47 Å². The minimum Gasteiger partial charge on any atom is -0.474 e. The van der Waals surface area contributed by atoms with E-state index in [1.165, 1.54) is 11.9 Å². The number of hydrogen-bond donors (Lipinski definition) is 0. The molecule has 2 unspecified atom stereocenters. The average molecular weight is 466 g/mol. The SMILES string of the molecule is Cc1cc(C)c(-n2ncc3c(OC4CCN(C(=O)OC(C)(C)C)CC(C)C4)ncnc32)c(C)c1. The van der Waals surface area contributed by atoms with E-state index in [9.17, 15) is 4.79 Å². The highest BCUT2D eigenvalue weighted by atomic mass is 16.6. The number of benzene rings is 1. The number of rotatable bonds is 3. The lowest BCUT2D eigenvalue weighted by Crippen LogP contribution is -2.38. The second kappa shape index (κ2) is 9.24. The summed E-state index contributed by atoms with van der Waals surface area (Å²) >= 11 is 0. The van der Waals surface area contributed by atoms with Crippen molar-refractivity contribution < 1.29 is 14.3 Å². The van der Waals surface area contributed by atoms with Crippen LogP contribution in [-0.2, 0) is 4.74 Å². The summed E-state index contributed by atoms with van der Waals surface area (Å²) in [4.78, 5) is 23.3. The van der Waals surface area contributed by atoms with Gasteiger partial charge < -0.3 is 14.4 Å². The van der Waals surface area contributed by atoms with Crippen molar-refractivity contribution in [3.8, 4) is 11.6 Å². The van der Waals surface area contributed by atoms with Gasteiger partial charge in [-0.15, -0.1) is 0 Å². The smallest absolute Gasteiger partial charge is 0.410 e. The Morgan fingerprint density at radius 3 is 2.50 bits per heavy atom. The third-order valence-electron chi connectivity index (χ3n) is 6.02. The van der Waals surface area contributed by atoms with Crippen molar-refractivity contribution in [1.29, 1.82) is 0 Å². The number of nitrogens with zero attached hydrogens (tertiary/aromatic N) is 5. The minimum absolute atomic E-state index is 0.0632. The van der Waals surface area contributed by atoms with Gasteiger partial charge in [0.2, 0.25) is 5.88 Å². The van der Waals surface area contributed by atoms with Gasteiger partial charge >= 0.3 is 6.09 Å². The third kappa shape index (κ3) is 5.16. The van der Waals surface area contributed by atoms with E-state index in [0.29, 0.717) is 25.4 Å². The number of aromatic nitrogens is 4. The summed E-state index contributed by atoms with van der Waals surface area (Å²) in [5, 5.41) is 5.42. The minimum atomic E-state index is -0.511. The van der Waals surface area contributed by atoms with E-state index in [2.05, 4.69) is 54.9 Å². The summed E-state index contributed by atoms with van der Waals surface area (Å²) in [6.07, 6.45) is 4.51. The van der Waals surface area contributed by atoms with Gasteiger partial charge in [-0.05, 0) is 65.0 Å². The molecule has 2 atom stereocenters. The fourth-order valence-corrected chi connectivity index (χ4v) is 4.75. The van der Waals surface area contributed by atoms with Crippen molar-refractivity contribution in [2.45, 2.75) is 73.0 Å². The molecule has 34 heavy (non-hydrogen) atoms. The van der Waals surface area contributed by atoms with Crippen molar-refractivity contribution >= 4 is 17.1 Å². The van der Waals surface area contributed by atoms with Gasteiger partial charge in [0.15, 0.2) is 5.65 Å². The van der Waals surface area contributed by atoms with E-state index in [0.717, 1.165) is 34.3 Å². The van der Waals surface area contributed by atoms with Gasteiger partial charge in [-0.25, -0.2) is 19.4 Å². The van der Waals surface area contributed by atoms with E-state index in [1.54, 1.807) is 11.1 Å². The van der Waals surface area contributed by atoms with Crippen LogP contribution in [0.3, 0.4) is 0 Å². The highest BCUT2D eigenvalue weighted by Crippen LogP contribution is 2.29. The van der Waals surface area contributed by atoms with Crippen LogP contribution in [0.25, 0.3) is 16.7 Å². The molecular weight excluding hydrogens is 430 g/mol. The van der Waals surface area contributed by atoms with Crippen LogP contribution < -0.4 is 4.74 Å². The standard InChI is InChI=1S/C26H35N5O3/c1-16-10-18(3)22(19(4)11-16)31-23-21(13-29-31)24(28-15-27-23)33-20-8-9-30(14-17(2)12-20)25(32)34-26(5,6)7/h10-11,13,15,17,20H,8-9,12,14H2,1-7H3. The normalized spacial score (nSPS) is 19.2. The molecule has 0 spiro atoms. The van der Waals surface area contributed by atoms with Gasteiger partial charge in [-0.3, -0.25) is 0 Å². The van der Waals surface area contributed by atoms with Crippen LogP contribution in [0.5, 0.6) is 5.88 Å². The maximum absolute atomic E-state index is 12.6. The quantitative estimate of drug-likeness (QED) is 0.532. The van der Waals surface area contributed by atoms with Crippen molar-refractivity contribution in [2.75, 3.05) is 13.1 Å². The monoisotopic (exact) mass is 465 g/mol. The van der Waals surface area contributed by atoms with Crippen LogP contribution in [0.15, 0.2) is 24.7 Å². The van der Waals surface area contributed by atoms with Gasteiger partial charge in [0.25, 0.3) is 0 Å². The predicted molar refractivity (Wildman–Crippen MR) is 131 cm³/mol. The number of hydrogen-bond acceptors (Lipinski definition) is 6. The molecule has 0 bridgehead atoms. The van der Waals surface area contributed by atoms with Crippen molar-refractivity contribution in [1.82, 2.24) is 24.6 Å². The number of fused-ring (bicyclic) bond motifs is 1. The first kappa shape index (κ1) is 24.0. The Kier molecular flexibility index (Phi) is 6.51. The average Bonchev–Trinajstić information content (AvgIpc) is 3.04. The molecule has 182 valence electrons. The van der Waals surface area contributed by atoms with Crippen LogP contribution in [0, 0.1) is 26.7 Å². The third-order valence-corrected chi connectivity index (χ3v) is 6.02. The van der Waals surface area contributed by atoms with Gasteiger partial charge in [-0.1, -0.05) is 24.6 Å². The molecular formula is C26H35N5O3. The van der Waals surface area contributed by atoms with E-state index >= 15 is 0 Å². The summed E-state index contributed by atoms with van der Waals surface area (Å²) in [5.41, 5.74) is 4.74. The van der Waals surface area contributed by atoms with Gasteiger partial charge in [0, 0.05) is 19.5 Å². The second-order valence-electron chi connectivity index (χ2n) is 10.5. The summed E-state index contributed by atoms with van der Waals surface area (Å²) in [6, 6.07) is 4.30. The fourth-order valence-electron chi connectivity index (χ4n) is 4.75. The lowest BCUT2D eigenvalue weighted by molar-refractivity contribution is 0.0236. The number of likely N-dealkylation sites (tertiary alicyclic amines) is 1. The predicted octanol–water partition coefficient (Wildman–Crippen LogP) is 5.16. The maximum Gasteiger partial charge on any atom is 0.410 e. The number of amides is 1. The first-order valence-electron chi connectivity index (χ1n) is 11.9. The maximum atomic E-state index is 12.6. The molecule has 2 aromatic heterocycles. The van der Waals surface area contributed by atoms with Gasteiger partial charge in [0.05, 0.1) is 11.9 Å². The molecule has 0 N–H and O–H groups in total. The Morgan fingerprint density at radius 2 is 1.82 bits per heavy atom. The fraction of sp³-hybridized carbons (Fsp3) is 0.538. The first-order valence-corrected chi connectivity index (χ1v) is 11.9. The Hall–Kier alpha value is -3.16. The molecule has 3 heterocycles. The molecule has 8 nitrogen and oxygen atoms in total. The largest absolute Gasteiger partial charge is 0.474 e. The topological polar surface area (TPSA) is 82.4 Å². The number of carbonyl (C=O) groups excluding carboxylic acids is 1. The van der Waals surface area contributed by atoms with Crippen molar-refractivity contribution in [3.63, 3.8) is 0 Å². The van der Waals surface area contributed by atoms with Gasteiger partial charge in [0.1, 0.15) is 23.4 Å². The molecule has 3 aromatic rings. The number of aryl methyl sites for hydroxylation is 3. The lowest BCUT2D eigenvalue weighted by atomic mass is 10.0. The molecule has 1 aromatic carbocycles. The van der Waals surface area contributed by atoms with Crippen molar-refractivity contribution in [3.05, 3.63) is 41.3 Å². The Labute approximate surface area is 201 Å². The molecule has 1 aliphatic rings. The lowest BCUT2D eigenvalue weighted by Gasteiger charge is -2.27. The molecule has 0 aliphatic carbocycles. The molecule has 1 saturated heterocycles. The number of ether oxygens (including phenoxy) is 2. The van der Waals surface area contributed by atoms with Crippen LogP contribution in [-0.4, -0.2) is 55.5 Å². The van der Waals surface area contributed by atoms with Crippen LogP contribution in [0.2, 0.25) is 0 Å². The van der Waals surface area contributed by atoms with E-state index in [1.807, 2.05) is 25.5 Å². The Morgan fingerprint density at radius 1 is 1.12 bits per heavy atom. The number of carbonyl (C=O) groups is 1. The molecule has 0 radical (unpaired) electrons. The second-order valence-corrected chi connectivity index (χ2v) is 10.5. The zero-order chi connectivity index (χ0) is 24.6. The van der Waals surface area contributed by atoms with Gasteiger partial charge in [-0.2, -0.15) is 5.10 Å². The van der Waals surface area contributed by atoms with Crippen LogP contribution >= 0.6 is 0 Å². The van der Waals surface area contributed by atoms with Crippen LogP contribution in [0.4, 0.5) is 4.79 Å². The van der Waals surface area contributed by atoms with Crippen molar-refractivity contribution in [2.24, 2.45) is 5.92 Å². The highest BCUT2D eigenvalue weighted by molar-refractivity contribution is 5.81. The summed E-state index contributed by atoms with van der Waals surface area (Å²) in [6.45, 7) is 15.3. The molecule has 1 aliphatic heterocycles. The zero-order valence-corrected chi connectivity index (χ0v) is 21.3. The van der Waals surface area contributed by atoms with E-state index in [-0.39, 0.29) is 18.1 Å². The first-order chi connectivity index (χ1) is 16.0. The molecule has 4 rings (SSSR count). The Balaban J connectivity index is 1.56. The molecule has 8 heteroatoms. The van der Waals surface area contributed by atoms with Crippen LogP contribution in [0.1, 0.15) is 57.2 Å². The summed E-state index contributed by atoms with van der Waals surface area (Å²) in [7, 11) is 0. The molecule has 0 saturated carbocycles. The Bertz CT molecular complexity index is 1170. The summed E-state index contributed by atoms with van der Waals surface area (Å²) in [5.74, 6) is 0.805. The highest BCUT2D eigenvalue weighted by Gasteiger charge is 2.29.